The quantitative estimate of drug-likeness (QED) is 0.882. The van der Waals surface area contributed by atoms with Crippen LogP contribution in [0.4, 0.5) is 5.69 Å². The summed E-state index contributed by atoms with van der Waals surface area (Å²) in [7, 11) is 0. The lowest BCUT2D eigenvalue weighted by Gasteiger charge is -2.37. The summed E-state index contributed by atoms with van der Waals surface area (Å²) in [6, 6.07) is 8.36. The summed E-state index contributed by atoms with van der Waals surface area (Å²) in [5.74, 6) is 0.355. The van der Waals surface area contributed by atoms with E-state index in [-0.39, 0.29) is 5.91 Å². The zero-order valence-electron chi connectivity index (χ0n) is 11.8. The number of primary amides is 1. The number of nitrogens with two attached hydrogens (primary N) is 1. The first-order valence-corrected chi connectivity index (χ1v) is 7.63. The van der Waals surface area contributed by atoms with E-state index in [4.69, 9.17) is 5.73 Å². The molecular weight excluding hydrogens is 250 g/mol. The molecule has 0 saturated carbocycles. The van der Waals surface area contributed by atoms with Crippen LogP contribution >= 0.6 is 0 Å². The van der Waals surface area contributed by atoms with E-state index in [0.29, 0.717) is 17.5 Å². The minimum atomic E-state index is -0.332. The number of hydrogen-bond acceptors (Lipinski definition) is 3. The molecule has 2 saturated heterocycles. The van der Waals surface area contributed by atoms with Gasteiger partial charge in [-0.25, -0.2) is 0 Å². The molecule has 2 aliphatic rings. The van der Waals surface area contributed by atoms with Crippen LogP contribution < -0.4 is 16.0 Å². The van der Waals surface area contributed by atoms with E-state index >= 15 is 0 Å². The van der Waals surface area contributed by atoms with Gasteiger partial charge in [-0.3, -0.25) is 4.79 Å². The van der Waals surface area contributed by atoms with Gasteiger partial charge in [0.1, 0.15) is 0 Å². The van der Waals surface area contributed by atoms with Crippen LogP contribution in [-0.4, -0.2) is 31.6 Å². The highest BCUT2D eigenvalue weighted by Gasteiger charge is 2.30. The fraction of sp³-hybridized carbons (Fsp3) is 0.562. The summed E-state index contributed by atoms with van der Waals surface area (Å²) in [6.45, 7) is 3.20. The molecule has 3 N–H and O–H groups in total. The highest BCUT2D eigenvalue weighted by Crippen LogP contribution is 2.29. The Labute approximate surface area is 120 Å². The molecule has 0 aromatic heterocycles. The molecule has 3 rings (SSSR count). The summed E-state index contributed by atoms with van der Waals surface area (Å²) < 4.78 is 0. The predicted molar refractivity (Wildman–Crippen MR) is 80.9 cm³/mol. The smallest absolute Gasteiger partial charge is 0.250 e. The Morgan fingerprint density at radius 1 is 1.25 bits per heavy atom. The average molecular weight is 273 g/mol. The van der Waals surface area contributed by atoms with Gasteiger partial charge in [-0.15, -0.1) is 0 Å². The normalized spacial score (nSPS) is 26.7. The highest BCUT2D eigenvalue weighted by atomic mass is 16.1. The Balaban J connectivity index is 1.78. The number of amides is 1. The molecule has 2 aliphatic heterocycles. The first-order chi connectivity index (χ1) is 9.75. The Hall–Kier alpha value is -1.55. The van der Waals surface area contributed by atoms with E-state index in [2.05, 4.69) is 10.2 Å². The summed E-state index contributed by atoms with van der Waals surface area (Å²) in [6.07, 6.45) is 5.05. The maximum atomic E-state index is 11.6. The predicted octanol–water partition coefficient (Wildman–Crippen LogP) is 1.75. The maximum absolute atomic E-state index is 11.6. The number of nitrogens with zero attached hydrogens (tertiary/aromatic N) is 1. The first kappa shape index (κ1) is 13.4. The molecule has 0 spiro atoms. The second-order valence-electron chi connectivity index (χ2n) is 5.93. The van der Waals surface area contributed by atoms with Crippen LogP contribution in [0.2, 0.25) is 0 Å². The van der Waals surface area contributed by atoms with Crippen LogP contribution in [0.3, 0.4) is 0 Å². The van der Waals surface area contributed by atoms with Crippen molar-refractivity contribution in [1.29, 1.82) is 0 Å². The van der Waals surface area contributed by atoms with Crippen LogP contribution in [0.1, 0.15) is 36.0 Å². The third-order valence-corrected chi connectivity index (χ3v) is 4.64. The van der Waals surface area contributed by atoms with Crippen LogP contribution in [0, 0.1) is 5.92 Å². The number of anilines is 1. The van der Waals surface area contributed by atoms with Crippen LogP contribution in [0.15, 0.2) is 24.3 Å². The number of carbonyl (C=O) groups excluding carboxylic acids is 1. The van der Waals surface area contributed by atoms with E-state index in [1.165, 1.54) is 25.7 Å². The molecule has 4 nitrogen and oxygen atoms in total. The lowest BCUT2D eigenvalue weighted by Crippen LogP contribution is -2.44. The fourth-order valence-electron chi connectivity index (χ4n) is 3.63. The van der Waals surface area contributed by atoms with Crippen LogP contribution in [-0.2, 0) is 0 Å². The van der Waals surface area contributed by atoms with Crippen molar-refractivity contribution in [1.82, 2.24) is 5.32 Å². The van der Waals surface area contributed by atoms with Crippen molar-refractivity contribution in [3.8, 4) is 0 Å². The number of carbonyl (C=O) groups is 1. The van der Waals surface area contributed by atoms with Crippen molar-refractivity contribution in [3.63, 3.8) is 0 Å². The number of piperidine rings is 1. The Morgan fingerprint density at radius 3 is 2.85 bits per heavy atom. The molecule has 1 aromatic carbocycles. The third kappa shape index (κ3) is 2.66. The van der Waals surface area contributed by atoms with Crippen molar-refractivity contribution in [3.05, 3.63) is 29.8 Å². The first-order valence-electron chi connectivity index (χ1n) is 7.63. The molecule has 108 valence electrons. The van der Waals surface area contributed by atoms with Crippen molar-refractivity contribution < 1.29 is 4.79 Å². The van der Waals surface area contributed by atoms with Crippen molar-refractivity contribution in [2.45, 2.75) is 31.7 Å². The standard InChI is InChI=1S/C16H23N3O/c17-16(20)13-6-1-2-8-15(13)19-10-4-5-12(11-19)14-7-3-9-18-14/h1-2,6,8,12,14,18H,3-5,7,9-11H2,(H2,17,20). The molecular formula is C16H23N3O. The summed E-state index contributed by atoms with van der Waals surface area (Å²) in [5, 5.41) is 3.62. The van der Waals surface area contributed by atoms with Gasteiger partial charge in [-0.2, -0.15) is 0 Å². The summed E-state index contributed by atoms with van der Waals surface area (Å²) in [4.78, 5) is 13.9. The highest BCUT2D eigenvalue weighted by molar-refractivity contribution is 5.98. The van der Waals surface area contributed by atoms with E-state index in [1.54, 1.807) is 0 Å². The molecule has 1 aromatic rings. The van der Waals surface area contributed by atoms with Crippen LogP contribution in [0.5, 0.6) is 0 Å². The average Bonchev–Trinajstić information content (AvgIpc) is 3.01. The molecule has 0 aliphatic carbocycles. The summed E-state index contributed by atoms with van der Waals surface area (Å²) in [5.41, 5.74) is 7.15. The second-order valence-corrected chi connectivity index (χ2v) is 5.93. The number of benzene rings is 1. The van der Waals surface area contributed by atoms with Crippen LogP contribution in [0.25, 0.3) is 0 Å². The van der Waals surface area contributed by atoms with E-state index in [1.807, 2.05) is 24.3 Å². The minimum absolute atomic E-state index is 0.332. The van der Waals surface area contributed by atoms with Crippen molar-refractivity contribution >= 4 is 11.6 Å². The van der Waals surface area contributed by atoms with Gasteiger partial charge >= 0.3 is 0 Å². The largest absolute Gasteiger partial charge is 0.371 e. The molecule has 2 heterocycles. The molecule has 1 amide bonds. The van der Waals surface area contributed by atoms with Crippen molar-refractivity contribution in [2.24, 2.45) is 11.7 Å². The molecule has 2 fully saturated rings. The number of nitrogens with one attached hydrogen (secondary N) is 1. The van der Waals surface area contributed by atoms with Gasteiger partial charge in [-0.05, 0) is 50.3 Å². The van der Waals surface area contributed by atoms with Gasteiger partial charge < -0.3 is 16.0 Å². The minimum Gasteiger partial charge on any atom is -0.371 e. The fourth-order valence-corrected chi connectivity index (χ4v) is 3.63. The van der Waals surface area contributed by atoms with E-state index in [0.717, 1.165) is 25.3 Å². The maximum Gasteiger partial charge on any atom is 0.250 e. The SMILES string of the molecule is NC(=O)c1ccccc1N1CCCC(C2CCCN2)C1. The van der Waals surface area contributed by atoms with Gasteiger partial charge in [0.15, 0.2) is 0 Å². The molecule has 2 unspecified atom stereocenters. The molecule has 2 atom stereocenters. The zero-order valence-corrected chi connectivity index (χ0v) is 11.8. The lowest BCUT2D eigenvalue weighted by molar-refractivity contribution is 0.100. The Kier molecular flexibility index (Phi) is 3.92. The Morgan fingerprint density at radius 2 is 2.10 bits per heavy atom. The van der Waals surface area contributed by atoms with Gasteiger partial charge in [0.2, 0.25) is 0 Å². The summed E-state index contributed by atoms with van der Waals surface area (Å²) >= 11 is 0. The van der Waals surface area contributed by atoms with Gasteiger partial charge in [0, 0.05) is 24.8 Å². The zero-order chi connectivity index (χ0) is 13.9. The second kappa shape index (κ2) is 5.83. The number of hydrogen-bond donors (Lipinski definition) is 2. The number of para-hydroxylation sites is 1. The van der Waals surface area contributed by atoms with E-state index in [9.17, 15) is 4.79 Å². The number of rotatable bonds is 3. The Bertz CT molecular complexity index is 482. The topological polar surface area (TPSA) is 58.4 Å². The van der Waals surface area contributed by atoms with E-state index < -0.39 is 0 Å². The monoisotopic (exact) mass is 273 g/mol. The third-order valence-electron chi connectivity index (χ3n) is 4.64. The lowest BCUT2D eigenvalue weighted by atomic mass is 9.89. The molecule has 20 heavy (non-hydrogen) atoms. The van der Waals surface area contributed by atoms with Gasteiger partial charge in [0.25, 0.3) is 5.91 Å². The molecule has 4 heteroatoms. The van der Waals surface area contributed by atoms with Gasteiger partial charge in [0.05, 0.1) is 5.56 Å². The molecule has 0 bridgehead atoms. The molecule has 0 radical (unpaired) electrons. The van der Waals surface area contributed by atoms with Crippen molar-refractivity contribution in [2.75, 3.05) is 24.5 Å². The van der Waals surface area contributed by atoms with Gasteiger partial charge in [-0.1, -0.05) is 12.1 Å².